The first kappa shape index (κ1) is 31.5. The van der Waals surface area contributed by atoms with E-state index in [1.807, 2.05) is 0 Å². The monoisotopic (exact) mass is 610 g/mol. The minimum absolute atomic E-state index is 0.0331. The summed E-state index contributed by atoms with van der Waals surface area (Å²) in [6.07, 6.45) is -0.370. The summed E-state index contributed by atoms with van der Waals surface area (Å²) < 4.78 is 33.2. The van der Waals surface area contributed by atoms with Crippen LogP contribution in [0, 0.1) is 19.8 Å². The molecule has 2 heterocycles. The molecule has 0 spiro atoms. The fourth-order valence-electron chi connectivity index (χ4n) is 3.13. The molecule has 0 unspecified atom stereocenters. The van der Waals surface area contributed by atoms with Crippen molar-refractivity contribution in [3.05, 3.63) is 74.6 Å². The first-order valence-corrected chi connectivity index (χ1v) is 13.8. The lowest BCUT2D eigenvalue weighted by Gasteiger charge is -2.23. The van der Waals surface area contributed by atoms with E-state index in [0.29, 0.717) is 23.5 Å². The highest BCUT2D eigenvalue weighted by Crippen LogP contribution is 2.31. The van der Waals surface area contributed by atoms with E-state index in [9.17, 15) is 28.8 Å². The number of Topliss-reactive ketones (excluding diaryl/α,β-unsaturated/α-hetero) is 1. The van der Waals surface area contributed by atoms with Crippen LogP contribution in [0.5, 0.6) is 5.75 Å². The van der Waals surface area contributed by atoms with Gasteiger partial charge in [-0.15, -0.1) is 0 Å². The largest absolute Gasteiger partial charge is 0.519 e. The SMILES string of the molecule is Cc1oc(=O)oc1COC(=O)SC[C@H](CC(=O)C(C)(C)SC(=O)OCc1oc(=O)oc1C)C(=O)Oc1ccccc1. The number of esters is 1. The first-order chi connectivity index (χ1) is 19.3. The number of rotatable bonds is 12. The number of para-hydroxylation sites is 1. The molecule has 15 heteroatoms. The van der Waals surface area contributed by atoms with Crippen molar-refractivity contribution in [2.24, 2.45) is 5.92 Å². The number of ether oxygens (including phenoxy) is 3. The molecule has 0 radical (unpaired) electrons. The van der Waals surface area contributed by atoms with Crippen molar-refractivity contribution in [1.82, 2.24) is 0 Å². The molecule has 3 aromatic rings. The molecular formula is C26H26O13S2. The summed E-state index contributed by atoms with van der Waals surface area (Å²) in [5.41, 5.74) is 0. The molecule has 0 aliphatic rings. The summed E-state index contributed by atoms with van der Waals surface area (Å²) in [5, 5.41) is -1.62. The van der Waals surface area contributed by atoms with E-state index in [1.54, 1.807) is 30.3 Å². The maximum absolute atomic E-state index is 13.2. The first-order valence-electron chi connectivity index (χ1n) is 12.0. The van der Waals surface area contributed by atoms with Crippen LogP contribution in [0.4, 0.5) is 9.59 Å². The molecule has 0 saturated heterocycles. The maximum atomic E-state index is 13.2. The van der Waals surface area contributed by atoms with Crippen LogP contribution in [0.1, 0.15) is 43.3 Å². The van der Waals surface area contributed by atoms with Crippen molar-refractivity contribution in [2.45, 2.75) is 52.1 Å². The van der Waals surface area contributed by atoms with Crippen molar-refractivity contribution in [1.29, 1.82) is 0 Å². The van der Waals surface area contributed by atoms with Crippen molar-refractivity contribution in [3.63, 3.8) is 0 Å². The fraction of sp³-hybridized carbons (Fsp3) is 0.385. The van der Waals surface area contributed by atoms with E-state index in [2.05, 4.69) is 0 Å². The third-order valence-electron chi connectivity index (χ3n) is 5.45. The normalized spacial score (nSPS) is 12.0. The molecule has 0 aliphatic heterocycles. The minimum atomic E-state index is -1.34. The van der Waals surface area contributed by atoms with Gasteiger partial charge in [0, 0.05) is 12.2 Å². The van der Waals surface area contributed by atoms with Crippen molar-refractivity contribution in [3.8, 4) is 5.75 Å². The van der Waals surface area contributed by atoms with E-state index < -0.39 is 44.7 Å². The molecule has 0 amide bonds. The smallest absolute Gasteiger partial charge is 0.449 e. The predicted molar refractivity (Wildman–Crippen MR) is 144 cm³/mol. The van der Waals surface area contributed by atoms with E-state index >= 15 is 0 Å². The van der Waals surface area contributed by atoms with Gasteiger partial charge in [0.05, 0.1) is 10.7 Å². The standard InChI is InChI=1S/C26H26O13S2/c1-14-18(38-22(29)35-14)11-33-24(31)40-13-16(21(28)37-17-8-6-5-7-9-17)10-20(27)26(3,4)41-25(32)34-12-19-15(2)36-23(30)39-19/h5-9,16H,10-13H2,1-4H3/t16-/m0/s1. The topological polar surface area (TPSA) is 183 Å². The van der Waals surface area contributed by atoms with Crippen LogP contribution in [0.15, 0.2) is 57.6 Å². The number of ketones is 1. The molecule has 13 nitrogen and oxygen atoms in total. The molecule has 1 aromatic carbocycles. The molecule has 1 atom stereocenters. The lowest BCUT2D eigenvalue weighted by atomic mass is 9.97. The Morgan fingerprint density at radius 2 is 1.37 bits per heavy atom. The third kappa shape index (κ3) is 9.56. The van der Waals surface area contributed by atoms with Crippen molar-refractivity contribution >= 4 is 45.9 Å². The number of carbonyl (C=O) groups excluding carboxylic acids is 4. The summed E-state index contributed by atoms with van der Waals surface area (Å²) in [7, 11) is 0. The van der Waals surface area contributed by atoms with Gasteiger partial charge in [-0.1, -0.05) is 18.2 Å². The zero-order valence-electron chi connectivity index (χ0n) is 22.4. The average molecular weight is 611 g/mol. The Morgan fingerprint density at radius 3 is 1.88 bits per heavy atom. The van der Waals surface area contributed by atoms with Gasteiger partial charge in [0.2, 0.25) is 0 Å². The summed E-state index contributed by atoms with van der Waals surface area (Å²) in [5.74, 6) is -3.78. The van der Waals surface area contributed by atoms with Gasteiger partial charge in [0.25, 0.3) is 0 Å². The number of benzene rings is 1. The summed E-state index contributed by atoms with van der Waals surface area (Å²) >= 11 is 1.20. The average Bonchev–Trinajstić information content (AvgIpc) is 3.41. The Kier molecular flexibility index (Phi) is 10.8. The zero-order valence-corrected chi connectivity index (χ0v) is 24.0. The molecule has 220 valence electrons. The van der Waals surface area contributed by atoms with Crippen molar-refractivity contribution in [2.75, 3.05) is 5.75 Å². The van der Waals surface area contributed by atoms with Gasteiger partial charge in [0.1, 0.15) is 11.5 Å². The highest BCUT2D eigenvalue weighted by Gasteiger charge is 2.36. The molecular weight excluding hydrogens is 584 g/mol. The van der Waals surface area contributed by atoms with Gasteiger partial charge in [-0.05, 0) is 63.4 Å². The molecule has 41 heavy (non-hydrogen) atoms. The molecule has 3 rings (SSSR count). The fourth-order valence-corrected chi connectivity index (χ4v) is 4.60. The van der Waals surface area contributed by atoms with Gasteiger partial charge < -0.3 is 31.9 Å². The molecule has 0 bridgehead atoms. The quantitative estimate of drug-likeness (QED) is 0.201. The lowest BCUT2D eigenvalue weighted by molar-refractivity contribution is -0.140. The lowest BCUT2D eigenvalue weighted by Crippen LogP contribution is -2.35. The molecule has 0 fully saturated rings. The summed E-state index contributed by atoms with van der Waals surface area (Å²) in [4.78, 5) is 73.2. The highest BCUT2D eigenvalue weighted by molar-refractivity contribution is 8.15. The number of hydrogen-bond donors (Lipinski definition) is 0. The van der Waals surface area contributed by atoms with E-state index in [4.69, 9.17) is 31.9 Å². The number of aryl methyl sites for hydroxylation is 2. The second-order valence-electron chi connectivity index (χ2n) is 8.93. The molecule has 0 saturated carbocycles. The Hall–Kier alpha value is -3.98. The van der Waals surface area contributed by atoms with Crippen LogP contribution in [-0.4, -0.2) is 32.9 Å². The number of carbonyl (C=O) groups is 4. The van der Waals surface area contributed by atoms with Crippen LogP contribution in [0.3, 0.4) is 0 Å². The summed E-state index contributed by atoms with van der Waals surface area (Å²) in [6.45, 7) is 5.15. The van der Waals surface area contributed by atoms with Gasteiger partial charge >= 0.3 is 28.2 Å². The predicted octanol–water partition coefficient (Wildman–Crippen LogP) is 4.80. The Labute approximate surface area is 240 Å². The van der Waals surface area contributed by atoms with E-state index in [1.165, 1.54) is 27.7 Å². The molecule has 0 N–H and O–H groups in total. The van der Waals surface area contributed by atoms with Crippen LogP contribution in [0.2, 0.25) is 0 Å². The molecule has 2 aromatic heterocycles. The number of thioether (sulfide) groups is 2. The number of hydrogen-bond acceptors (Lipinski definition) is 15. The second-order valence-corrected chi connectivity index (χ2v) is 11.4. The Morgan fingerprint density at radius 1 is 0.829 bits per heavy atom. The van der Waals surface area contributed by atoms with Crippen molar-refractivity contribution < 1.29 is 51.1 Å². The van der Waals surface area contributed by atoms with Gasteiger partial charge in [-0.3, -0.25) is 9.59 Å². The Bertz CT molecular complexity index is 1490. The van der Waals surface area contributed by atoms with Crippen LogP contribution in [0.25, 0.3) is 0 Å². The van der Waals surface area contributed by atoms with E-state index in [0.717, 1.165) is 0 Å². The van der Waals surface area contributed by atoms with Gasteiger partial charge in [-0.2, -0.15) is 0 Å². The maximum Gasteiger partial charge on any atom is 0.519 e. The molecule has 0 aliphatic carbocycles. The van der Waals surface area contributed by atoms with Crippen LogP contribution >= 0.6 is 23.5 Å². The van der Waals surface area contributed by atoms with Gasteiger partial charge in [0.15, 0.2) is 36.3 Å². The van der Waals surface area contributed by atoms with E-state index in [-0.39, 0.29) is 54.2 Å². The minimum Gasteiger partial charge on any atom is -0.449 e. The van der Waals surface area contributed by atoms with Gasteiger partial charge in [-0.25, -0.2) is 19.2 Å². The third-order valence-corrected chi connectivity index (χ3v) is 7.40. The second kappa shape index (κ2) is 14.1. The zero-order chi connectivity index (χ0) is 30.2. The van der Waals surface area contributed by atoms with Crippen LogP contribution in [-0.2, 0) is 32.3 Å². The highest BCUT2D eigenvalue weighted by atomic mass is 32.2. The van der Waals surface area contributed by atoms with Crippen LogP contribution < -0.4 is 16.4 Å². The Balaban J connectivity index is 1.61. The summed E-state index contributed by atoms with van der Waals surface area (Å²) in [6, 6.07) is 8.16.